The van der Waals surface area contributed by atoms with Crippen LogP contribution in [-0.2, 0) is 17.1 Å². The molecule has 0 fully saturated rings. The Labute approximate surface area is 91.1 Å². The minimum Gasteiger partial charge on any atom is -0.748 e. The summed E-state index contributed by atoms with van der Waals surface area (Å²) in [6.07, 6.45) is 0. The Morgan fingerprint density at radius 1 is 0.692 bits per heavy atom. The van der Waals surface area contributed by atoms with Gasteiger partial charge in [0, 0.05) is 17.1 Å². The first kappa shape index (κ1) is 14.5. The van der Waals surface area contributed by atoms with Crippen molar-refractivity contribution in [1.82, 2.24) is 0 Å². The first-order valence-corrected chi connectivity index (χ1v) is 3.83. The van der Waals surface area contributed by atoms with E-state index < -0.39 is 0 Å². The average Bonchev–Trinajstić information content (AvgIpc) is 2.87. The summed E-state index contributed by atoms with van der Waals surface area (Å²) in [6.45, 7) is 6.00. The molecule has 0 spiro atoms. The van der Waals surface area contributed by atoms with Gasteiger partial charge in [-0.05, 0) is 0 Å². The Kier molecular flexibility index (Phi) is 15.1. The van der Waals surface area contributed by atoms with Crippen molar-refractivity contribution in [3.05, 3.63) is 73.8 Å². The second kappa shape index (κ2) is 13.5. The molecule has 1 heteroatoms. The van der Waals surface area contributed by atoms with Crippen LogP contribution in [0, 0.1) is 0 Å². The molecule has 0 unspecified atom stereocenters. The summed E-state index contributed by atoms with van der Waals surface area (Å²) in [6, 6.07) is 20.0. The molecule has 13 heavy (non-hydrogen) atoms. The van der Waals surface area contributed by atoms with Crippen LogP contribution in [0.2, 0.25) is 0 Å². The fourth-order valence-electron chi connectivity index (χ4n) is 0.642. The van der Waals surface area contributed by atoms with E-state index >= 15 is 0 Å². The molecule has 76 valence electrons. The zero-order valence-electron chi connectivity index (χ0n) is 7.54. The van der Waals surface area contributed by atoms with Crippen LogP contribution in [0.25, 0.3) is 0 Å². The standard InChI is InChI=1S/2C5H5.C2H4.Fe/c2*1-2-4-5-3-1;1-2;/h2*1-5H;1-2H2;/q-5;-1;;. The van der Waals surface area contributed by atoms with Gasteiger partial charge in [0.2, 0.25) is 0 Å². The molecule has 0 aliphatic carbocycles. The zero-order valence-corrected chi connectivity index (χ0v) is 8.65. The van der Waals surface area contributed by atoms with Gasteiger partial charge in [-0.25, -0.2) is 12.1 Å². The summed E-state index contributed by atoms with van der Waals surface area (Å²) in [5.41, 5.74) is 0. The molecule has 0 atom stereocenters. The van der Waals surface area contributed by atoms with Gasteiger partial charge in [-0.15, -0.1) is 13.2 Å². The second-order valence-corrected chi connectivity index (χ2v) is 1.92. The van der Waals surface area contributed by atoms with Gasteiger partial charge in [0.1, 0.15) is 0 Å². The first-order valence-electron chi connectivity index (χ1n) is 3.83. The van der Waals surface area contributed by atoms with E-state index in [0.717, 1.165) is 0 Å². The van der Waals surface area contributed by atoms with E-state index in [-0.39, 0.29) is 17.1 Å². The SMILES string of the molecule is C=C.[Fe].[cH-]1[cH-][cH-][cH-][cH-]1.c1cc[cH-]c1. The molecule has 0 aromatic heterocycles. The van der Waals surface area contributed by atoms with Gasteiger partial charge >= 0.3 is 0 Å². The predicted octanol–water partition coefficient (Wildman–Crippen LogP) is 3.61. The van der Waals surface area contributed by atoms with E-state index in [0.29, 0.717) is 0 Å². The normalized spacial score (nSPS) is 6.46. The zero-order chi connectivity index (χ0) is 9.07. The van der Waals surface area contributed by atoms with Crippen molar-refractivity contribution in [3.8, 4) is 0 Å². The van der Waals surface area contributed by atoms with Crippen LogP contribution in [0.5, 0.6) is 0 Å². The van der Waals surface area contributed by atoms with Gasteiger partial charge in [0.05, 0.1) is 0 Å². The smallest absolute Gasteiger partial charge is 0 e. The molecule has 0 nitrogen and oxygen atoms in total. The number of hydrogen-bond acceptors (Lipinski definition) is 0. The summed E-state index contributed by atoms with van der Waals surface area (Å²) < 4.78 is 0. The minimum absolute atomic E-state index is 0. The van der Waals surface area contributed by atoms with Crippen LogP contribution < -0.4 is 0 Å². The summed E-state index contributed by atoms with van der Waals surface area (Å²) in [4.78, 5) is 0. The van der Waals surface area contributed by atoms with Crippen molar-refractivity contribution in [2.75, 3.05) is 0 Å². The monoisotopic (exact) mass is 214 g/mol. The number of rotatable bonds is 0. The molecule has 0 saturated heterocycles. The van der Waals surface area contributed by atoms with Gasteiger partial charge in [-0.1, -0.05) is 0 Å². The van der Waals surface area contributed by atoms with E-state index in [9.17, 15) is 0 Å². The maximum atomic E-state index is 3.00. The summed E-state index contributed by atoms with van der Waals surface area (Å²) in [5.74, 6) is 0. The molecule has 0 bridgehead atoms. The van der Waals surface area contributed by atoms with Gasteiger partial charge in [0.25, 0.3) is 0 Å². The van der Waals surface area contributed by atoms with Crippen LogP contribution in [-0.4, -0.2) is 0 Å². The summed E-state index contributed by atoms with van der Waals surface area (Å²) in [7, 11) is 0. The van der Waals surface area contributed by atoms with Crippen LogP contribution in [0.3, 0.4) is 0 Å². The van der Waals surface area contributed by atoms with E-state index in [1.165, 1.54) is 0 Å². The molecular formula is C12H14Fe-6. The van der Waals surface area contributed by atoms with Gasteiger partial charge in [-0.2, -0.15) is 18.2 Å². The topological polar surface area (TPSA) is 0 Å². The molecule has 0 amide bonds. The van der Waals surface area contributed by atoms with Crippen molar-refractivity contribution in [2.24, 2.45) is 0 Å². The van der Waals surface area contributed by atoms with Gasteiger partial charge in [0.15, 0.2) is 0 Å². The van der Waals surface area contributed by atoms with Crippen LogP contribution in [0.1, 0.15) is 0 Å². The molecule has 0 N–H and O–H groups in total. The third-order valence-corrected chi connectivity index (χ3v) is 1.11. The fourth-order valence-corrected chi connectivity index (χ4v) is 0.642. The molecule has 2 rings (SSSR count). The van der Waals surface area contributed by atoms with E-state index in [4.69, 9.17) is 0 Å². The third kappa shape index (κ3) is 11.0. The summed E-state index contributed by atoms with van der Waals surface area (Å²) in [5, 5.41) is 0. The molecule has 0 aliphatic rings. The average molecular weight is 214 g/mol. The minimum atomic E-state index is 0. The Balaban J connectivity index is 0. The Bertz CT molecular complexity index is 157. The summed E-state index contributed by atoms with van der Waals surface area (Å²) >= 11 is 0. The Hall–Kier alpha value is -1.04. The van der Waals surface area contributed by atoms with Gasteiger partial charge < -0.3 is 30.3 Å². The van der Waals surface area contributed by atoms with Crippen molar-refractivity contribution in [1.29, 1.82) is 0 Å². The van der Waals surface area contributed by atoms with Crippen molar-refractivity contribution in [2.45, 2.75) is 0 Å². The molecule has 2 aromatic rings. The van der Waals surface area contributed by atoms with Crippen LogP contribution in [0.4, 0.5) is 0 Å². The van der Waals surface area contributed by atoms with E-state index in [1.54, 1.807) is 0 Å². The predicted molar refractivity (Wildman–Crippen MR) is 55.3 cm³/mol. The molecule has 0 saturated carbocycles. The maximum absolute atomic E-state index is 3.00. The Morgan fingerprint density at radius 2 is 1.00 bits per heavy atom. The van der Waals surface area contributed by atoms with E-state index in [2.05, 4.69) is 13.2 Å². The van der Waals surface area contributed by atoms with Crippen LogP contribution >= 0.6 is 0 Å². The molecule has 0 aliphatic heterocycles. The quantitative estimate of drug-likeness (QED) is 0.357. The van der Waals surface area contributed by atoms with Crippen molar-refractivity contribution >= 4 is 0 Å². The van der Waals surface area contributed by atoms with Gasteiger partial charge in [-0.3, -0.25) is 0 Å². The third-order valence-electron chi connectivity index (χ3n) is 1.11. The molecule has 0 heterocycles. The first-order chi connectivity index (χ1) is 6.00. The maximum Gasteiger partial charge on any atom is 0 e. The Morgan fingerprint density at radius 3 is 1.15 bits per heavy atom. The van der Waals surface area contributed by atoms with Crippen LogP contribution in [0.15, 0.2) is 73.8 Å². The molecule has 0 radical (unpaired) electrons. The molecular weight excluding hydrogens is 200 g/mol. The van der Waals surface area contributed by atoms with Crippen molar-refractivity contribution in [3.63, 3.8) is 0 Å². The van der Waals surface area contributed by atoms with Crippen molar-refractivity contribution < 1.29 is 17.1 Å². The second-order valence-electron chi connectivity index (χ2n) is 1.92. The fraction of sp³-hybridized carbons (Fsp3) is 0. The molecule has 2 aromatic carbocycles. The number of hydrogen-bond donors (Lipinski definition) is 0. The van der Waals surface area contributed by atoms with E-state index in [1.807, 2.05) is 60.7 Å². The largest absolute Gasteiger partial charge is 0.748 e.